The zero-order valence-electron chi connectivity index (χ0n) is 13.2. The van der Waals surface area contributed by atoms with Gasteiger partial charge >= 0.3 is 0 Å². The molecule has 2 N–H and O–H groups in total. The van der Waals surface area contributed by atoms with Crippen LogP contribution in [-0.4, -0.2) is 47.9 Å². The number of hydrogen-bond acceptors (Lipinski definition) is 4. The molecule has 2 fully saturated rings. The Hall–Kier alpha value is -0.800. The second-order valence-electron chi connectivity index (χ2n) is 5.69. The molecule has 0 aliphatic heterocycles. The second-order valence-corrected chi connectivity index (χ2v) is 9.08. The first-order valence-electron chi connectivity index (χ1n) is 7.65. The van der Waals surface area contributed by atoms with E-state index in [1.165, 1.54) is 0 Å². The molecule has 0 aromatic carbocycles. The van der Waals surface area contributed by atoms with Gasteiger partial charge in [0.25, 0.3) is 20.2 Å². The van der Waals surface area contributed by atoms with Gasteiger partial charge in [0, 0.05) is 0 Å². The SMILES string of the molecule is C=[N+]=[N-].O=S(=O)(O)C1CCCCC1.O=S(=O)(O)C1CCCCC1. The van der Waals surface area contributed by atoms with Gasteiger partial charge in [-0.05, 0) is 25.7 Å². The molecule has 2 saturated carbocycles. The van der Waals surface area contributed by atoms with Crippen LogP contribution in [0.1, 0.15) is 64.2 Å². The van der Waals surface area contributed by atoms with Crippen molar-refractivity contribution in [3.63, 3.8) is 0 Å². The highest BCUT2D eigenvalue weighted by atomic mass is 32.2. The molecule has 0 spiro atoms. The van der Waals surface area contributed by atoms with Crippen LogP contribution in [0.3, 0.4) is 0 Å². The topological polar surface area (TPSA) is 145 Å². The normalized spacial score (nSPS) is 20.3. The van der Waals surface area contributed by atoms with E-state index in [1.54, 1.807) is 0 Å². The van der Waals surface area contributed by atoms with Gasteiger partial charge < -0.3 is 5.53 Å². The van der Waals surface area contributed by atoms with Gasteiger partial charge in [-0.1, -0.05) is 38.5 Å². The van der Waals surface area contributed by atoms with Crippen LogP contribution in [-0.2, 0) is 20.2 Å². The molecule has 0 aromatic rings. The fourth-order valence-electron chi connectivity index (χ4n) is 2.73. The summed E-state index contributed by atoms with van der Waals surface area (Å²) in [5.74, 6) is 0. The summed E-state index contributed by atoms with van der Waals surface area (Å²) in [6.07, 6.45) is 8.50. The van der Waals surface area contributed by atoms with E-state index in [4.69, 9.17) is 14.6 Å². The molecule has 2 aliphatic carbocycles. The van der Waals surface area contributed by atoms with Crippen LogP contribution in [0, 0.1) is 0 Å². The average Bonchev–Trinajstić information content (AvgIpc) is 2.49. The van der Waals surface area contributed by atoms with Crippen LogP contribution < -0.4 is 0 Å². The molecule has 136 valence electrons. The molecule has 0 atom stereocenters. The minimum Gasteiger partial charge on any atom is -0.362 e. The number of nitrogens with zero attached hydrogens (tertiary/aromatic N) is 2. The first kappa shape index (κ1) is 22.2. The van der Waals surface area contributed by atoms with E-state index in [0.717, 1.165) is 38.5 Å². The Morgan fingerprint density at radius 1 is 0.739 bits per heavy atom. The third kappa shape index (κ3) is 10.6. The van der Waals surface area contributed by atoms with E-state index < -0.39 is 30.7 Å². The van der Waals surface area contributed by atoms with Crippen LogP contribution in [0.15, 0.2) is 0 Å². The third-order valence-electron chi connectivity index (χ3n) is 3.95. The van der Waals surface area contributed by atoms with Crippen molar-refractivity contribution < 1.29 is 30.7 Å². The van der Waals surface area contributed by atoms with E-state index in [9.17, 15) is 16.8 Å². The summed E-state index contributed by atoms with van der Waals surface area (Å²) in [6, 6.07) is 0. The third-order valence-corrected chi connectivity index (χ3v) is 6.57. The summed E-state index contributed by atoms with van der Waals surface area (Å²) in [5.41, 5.74) is 7.08. The lowest BCUT2D eigenvalue weighted by Gasteiger charge is -2.17. The molecule has 10 heteroatoms. The maximum atomic E-state index is 10.5. The molecule has 0 saturated heterocycles. The van der Waals surface area contributed by atoms with Crippen LogP contribution >= 0.6 is 0 Å². The van der Waals surface area contributed by atoms with E-state index >= 15 is 0 Å². The standard InChI is InChI=1S/2C6H12O3S.CH2N2/c2*7-10(8,9)6-4-2-1-3-5-6;1-3-2/h2*6H,1-5H2,(H,7,8,9);1H2. The molecule has 0 aromatic heterocycles. The van der Waals surface area contributed by atoms with Crippen molar-refractivity contribution in [2.45, 2.75) is 74.7 Å². The lowest BCUT2D eigenvalue weighted by molar-refractivity contribution is 0.0110. The van der Waals surface area contributed by atoms with Gasteiger partial charge in [0.15, 0.2) is 0 Å². The molecule has 2 aliphatic rings. The Kier molecular flexibility index (Phi) is 10.5. The quantitative estimate of drug-likeness (QED) is 0.330. The molecule has 0 unspecified atom stereocenters. The summed E-state index contributed by atoms with van der Waals surface area (Å²) in [7, 11) is -7.45. The van der Waals surface area contributed by atoms with Crippen molar-refractivity contribution in [3.05, 3.63) is 5.53 Å². The number of hydrogen-bond donors (Lipinski definition) is 2. The van der Waals surface area contributed by atoms with Crippen LogP contribution in [0.25, 0.3) is 5.53 Å². The lowest BCUT2D eigenvalue weighted by Crippen LogP contribution is -2.22. The van der Waals surface area contributed by atoms with Gasteiger partial charge in [0.05, 0.1) is 10.5 Å². The minimum absolute atomic E-state index is 0.471. The Morgan fingerprint density at radius 3 is 1.09 bits per heavy atom. The van der Waals surface area contributed by atoms with Crippen LogP contribution in [0.4, 0.5) is 0 Å². The highest BCUT2D eigenvalue weighted by molar-refractivity contribution is 7.86. The Morgan fingerprint density at radius 2 is 0.957 bits per heavy atom. The van der Waals surface area contributed by atoms with Crippen LogP contribution in [0.2, 0.25) is 0 Å². The van der Waals surface area contributed by atoms with Crippen molar-refractivity contribution in [2.75, 3.05) is 0 Å². The van der Waals surface area contributed by atoms with E-state index in [0.29, 0.717) is 25.7 Å². The second kappa shape index (κ2) is 10.9. The first-order valence-corrected chi connectivity index (χ1v) is 10.7. The van der Waals surface area contributed by atoms with Crippen molar-refractivity contribution in [1.82, 2.24) is 0 Å². The monoisotopic (exact) mass is 370 g/mol. The highest BCUT2D eigenvalue weighted by Crippen LogP contribution is 2.23. The Balaban J connectivity index is 0.000000360. The molecule has 0 bridgehead atoms. The van der Waals surface area contributed by atoms with Crippen molar-refractivity contribution in [3.8, 4) is 0 Å². The van der Waals surface area contributed by atoms with Crippen LogP contribution in [0.5, 0.6) is 0 Å². The highest BCUT2D eigenvalue weighted by Gasteiger charge is 2.25. The van der Waals surface area contributed by atoms with Gasteiger partial charge in [-0.3, -0.25) is 9.11 Å². The Bertz CT molecular complexity index is 509. The molecule has 23 heavy (non-hydrogen) atoms. The first-order chi connectivity index (χ1) is 10.6. The van der Waals surface area contributed by atoms with Gasteiger partial charge in [-0.15, -0.1) is 0 Å². The lowest BCUT2D eigenvalue weighted by atomic mass is 10.0. The summed E-state index contributed by atoms with van der Waals surface area (Å²) < 4.78 is 59.4. The number of rotatable bonds is 2. The van der Waals surface area contributed by atoms with Crippen molar-refractivity contribution in [2.24, 2.45) is 0 Å². The molecule has 0 heterocycles. The maximum Gasteiger partial charge on any atom is 0.267 e. The maximum absolute atomic E-state index is 10.5. The summed E-state index contributed by atoms with van der Waals surface area (Å²) in [6.45, 7) is 2.67. The average molecular weight is 370 g/mol. The Labute approximate surface area is 138 Å². The fourth-order valence-corrected chi connectivity index (χ4v) is 4.58. The van der Waals surface area contributed by atoms with E-state index in [-0.39, 0.29) is 0 Å². The van der Waals surface area contributed by atoms with Gasteiger partial charge in [-0.2, -0.15) is 21.6 Å². The van der Waals surface area contributed by atoms with E-state index in [2.05, 4.69) is 11.5 Å². The molecular weight excluding hydrogens is 344 g/mol. The molecule has 2 rings (SSSR count). The summed E-state index contributed by atoms with van der Waals surface area (Å²) >= 11 is 0. The molecular formula is C13H26N2O6S2. The van der Waals surface area contributed by atoms with Crippen molar-refractivity contribution in [1.29, 1.82) is 0 Å². The summed E-state index contributed by atoms with van der Waals surface area (Å²) in [4.78, 5) is 2.25. The summed E-state index contributed by atoms with van der Waals surface area (Å²) in [5, 5.41) is -0.942. The van der Waals surface area contributed by atoms with Gasteiger partial charge in [-0.25, -0.2) is 0 Å². The largest absolute Gasteiger partial charge is 0.362 e. The molecule has 0 radical (unpaired) electrons. The predicted octanol–water partition coefficient (Wildman–Crippen LogP) is 2.33. The predicted molar refractivity (Wildman–Crippen MR) is 87.6 cm³/mol. The molecule has 0 amide bonds. The van der Waals surface area contributed by atoms with E-state index in [1.807, 2.05) is 0 Å². The minimum atomic E-state index is -3.73. The fraction of sp³-hybridized carbons (Fsp3) is 0.923. The zero-order chi connectivity index (χ0) is 17.9. The van der Waals surface area contributed by atoms with Gasteiger partial charge in [0.2, 0.25) is 6.72 Å². The van der Waals surface area contributed by atoms with Gasteiger partial charge in [0.1, 0.15) is 0 Å². The van der Waals surface area contributed by atoms with Crippen molar-refractivity contribution >= 4 is 27.0 Å². The molecule has 8 nitrogen and oxygen atoms in total. The smallest absolute Gasteiger partial charge is 0.267 e. The zero-order valence-corrected chi connectivity index (χ0v) is 14.8.